The van der Waals surface area contributed by atoms with Gasteiger partial charge in [-0.3, -0.25) is 9.59 Å². The SMILES string of the molecule is CCC(O)CN1C(=O)C(C)(C)Oc2cc(C(F)(F)F)c(C(=O)OC)cc21.COC(=O)c1cc2c(cc1C(F)(F)F)OC(C)(C)C(=O)C2. The highest BCUT2D eigenvalue weighted by Gasteiger charge is 2.45. The molecule has 258 valence electrons. The average molecular weight is 678 g/mol. The molecule has 10 nitrogen and oxygen atoms in total. The number of nitrogens with zero attached hydrogens (tertiary/aromatic N) is 1. The standard InChI is InChI=1S/C17H20F3NO5.C14H13F3O4/c1-5-9(22)8-21-12-6-10(14(23)25-4)11(17(18,19)20)7-13(12)26-16(2,3)15(21)24;1-13(2)11(18)5-7-4-8(12(19)20-3)9(14(15,16)17)6-10(7)21-13/h6-7,9,22H,5,8H2,1-4H3;4,6H,5H2,1-3H3. The number of halogens is 6. The number of alkyl halides is 6. The van der Waals surface area contributed by atoms with Gasteiger partial charge in [-0.2, -0.15) is 26.3 Å². The first kappa shape index (κ1) is 37.1. The molecule has 16 heteroatoms. The van der Waals surface area contributed by atoms with E-state index in [-0.39, 0.29) is 41.5 Å². The van der Waals surface area contributed by atoms with Crippen molar-refractivity contribution in [1.82, 2.24) is 0 Å². The molecule has 0 spiro atoms. The van der Waals surface area contributed by atoms with E-state index in [4.69, 9.17) is 9.47 Å². The fourth-order valence-electron chi connectivity index (χ4n) is 4.74. The Kier molecular flexibility index (Phi) is 10.3. The second kappa shape index (κ2) is 13.0. The number of Topliss-reactive ketones (excluding diaryl/α,β-unsaturated/α-hetero) is 1. The summed E-state index contributed by atoms with van der Waals surface area (Å²) in [6, 6.07) is 3.35. The monoisotopic (exact) mass is 677 g/mol. The fraction of sp³-hybridized carbons (Fsp3) is 0.484. The Morgan fingerprint density at radius 1 is 0.851 bits per heavy atom. The van der Waals surface area contributed by atoms with Crippen LogP contribution in [0.2, 0.25) is 0 Å². The van der Waals surface area contributed by atoms with Gasteiger partial charge in [-0.15, -0.1) is 0 Å². The third-order valence-corrected chi connectivity index (χ3v) is 7.39. The lowest BCUT2D eigenvalue weighted by Gasteiger charge is -2.40. The number of anilines is 1. The number of fused-ring (bicyclic) bond motifs is 2. The number of amides is 1. The van der Waals surface area contributed by atoms with Gasteiger partial charge < -0.3 is 29.0 Å². The summed E-state index contributed by atoms with van der Waals surface area (Å²) in [6.45, 7) is 7.38. The van der Waals surface area contributed by atoms with E-state index in [0.29, 0.717) is 12.5 Å². The summed E-state index contributed by atoms with van der Waals surface area (Å²) >= 11 is 0. The molecule has 0 bridgehead atoms. The Labute approximate surface area is 265 Å². The van der Waals surface area contributed by atoms with Gasteiger partial charge in [-0.05, 0) is 58.4 Å². The summed E-state index contributed by atoms with van der Waals surface area (Å²) in [5, 5.41) is 9.93. The van der Waals surface area contributed by atoms with Crippen LogP contribution in [0, 0.1) is 0 Å². The van der Waals surface area contributed by atoms with Gasteiger partial charge in [0.1, 0.15) is 11.5 Å². The molecule has 2 aromatic carbocycles. The Morgan fingerprint density at radius 2 is 1.32 bits per heavy atom. The van der Waals surface area contributed by atoms with Gasteiger partial charge in [0.25, 0.3) is 5.91 Å². The van der Waals surface area contributed by atoms with Gasteiger partial charge in [-0.1, -0.05) is 6.92 Å². The minimum absolute atomic E-state index is 0.0183. The third-order valence-electron chi connectivity index (χ3n) is 7.39. The van der Waals surface area contributed by atoms with Crippen molar-refractivity contribution in [2.24, 2.45) is 0 Å². The summed E-state index contributed by atoms with van der Waals surface area (Å²) in [5.74, 6) is -3.34. The number of carbonyl (C=O) groups excluding carboxylic acids is 4. The molecular formula is C31H33F6NO9. The first-order valence-corrected chi connectivity index (χ1v) is 14.1. The Hall–Kier alpha value is -4.34. The topological polar surface area (TPSA) is 129 Å². The maximum atomic E-state index is 13.4. The molecule has 0 saturated heterocycles. The lowest BCUT2D eigenvalue weighted by atomic mass is 9.90. The maximum absolute atomic E-state index is 13.4. The number of ether oxygens (including phenoxy) is 4. The molecule has 2 aromatic rings. The van der Waals surface area contributed by atoms with Crippen LogP contribution < -0.4 is 14.4 Å². The average Bonchev–Trinajstić information content (AvgIpc) is 2.97. The molecule has 47 heavy (non-hydrogen) atoms. The Bertz CT molecular complexity index is 1580. The molecule has 0 radical (unpaired) electrons. The number of aliphatic hydroxyl groups excluding tert-OH is 1. The van der Waals surface area contributed by atoms with Crippen molar-refractivity contribution in [2.75, 3.05) is 25.7 Å². The van der Waals surface area contributed by atoms with Crippen LogP contribution in [0.5, 0.6) is 11.5 Å². The van der Waals surface area contributed by atoms with Crippen LogP contribution in [0.3, 0.4) is 0 Å². The van der Waals surface area contributed by atoms with Crippen molar-refractivity contribution in [1.29, 1.82) is 0 Å². The molecule has 2 heterocycles. The number of methoxy groups -OCH3 is 2. The predicted molar refractivity (Wildman–Crippen MR) is 152 cm³/mol. The van der Waals surface area contributed by atoms with Crippen molar-refractivity contribution in [3.63, 3.8) is 0 Å². The van der Waals surface area contributed by atoms with E-state index in [1.165, 1.54) is 27.7 Å². The highest BCUT2D eigenvalue weighted by Crippen LogP contribution is 2.44. The molecular weight excluding hydrogens is 644 g/mol. The van der Waals surface area contributed by atoms with Crippen molar-refractivity contribution >= 4 is 29.3 Å². The normalized spacial score (nSPS) is 17.2. The zero-order valence-electron chi connectivity index (χ0n) is 26.4. The molecule has 1 unspecified atom stereocenters. The van der Waals surface area contributed by atoms with Crippen LogP contribution in [-0.2, 0) is 37.8 Å². The maximum Gasteiger partial charge on any atom is 0.417 e. The smallest absolute Gasteiger partial charge is 0.417 e. The molecule has 4 rings (SSSR count). The van der Waals surface area contributed by atoms with Crippen LogP contribution in [0.15, 0.2) is 24.3 Å². The van der Waals surface area contributed by atoms with Crippen LogP contribution in [0.1, 0.15) is 78.4 Å². The van der Waals surface area contributed by atoms with E-state index in [9.17, 15) is 50.6 Å². The van der Waals surface area contributed by atoms with Gasteiger partial charge in [-0.25, -0.2) is 9.59 Å². The van der Waals surface area contributed by atoms with E-state index in [2.05, 4.69) is 9.47 Å². The van der Waals surface area contributed by atoms with Crippen LogP contribution in [-0.4, -0.2) is 66.8 Å². The molecule has 1 amide bonds. The molecule has 0 aliphatic carbocycles. The van der Waals surface area contributed by atoms with Crippen molar-refractivity contribution in [2.45, 2.75) is 77.1 Å². The number of rotatable bonds is 5. The molecule has 2 aliphatic heterocycles. The summed E-state index contributed by atoms with van der Waals surface area (Å²) in [6.07, 6.45) is -10.2. The van der Waals surface area contributed by atoms with E-state index >= 15 is 0 Å². The highest BCUT2D eigenvalue weighted by atomic mass is 19.4. The number of benzene rings is 2. The molecule has 1 atom stereocenters. The lowest BCUT2D eigenvalue weighted by Crippen LogP contribution is -2.54. The zero-order chi connectivity index (χ0) is 35.9. The minimum Gasteiger partial charge on any atom is -0.480 e. The van der Waals surface area contributed by atoms with Crippen LogP contribution in [0.25, 0.3) is 0 Å². The number of β-amino-alcohol motifs (C(OH)–C–C–N with tert-alkyl or cyclic N) is 1. The summed E-state index contributed by atoms with van der Waals surface area (Å²) in [7, 11) is 1.96. The Balaban J connectivity index is 0.000000261. The minimum atomic E-state index is -4.82. The fourth-order valence-corrected chi connectivity index (χ4v) is 4.74. The van der Waals surface area contributed by atoms with Crippen LogP contribution in [0.4, 0.5) is 32.0 Å². The van der Waals surface area contributed by atoms with Gasteiger partial charge in [0.2, 0.25) is 0 Å². The molecule has 1 N–H and O–H groups in total. The van der Waals surface area contributed by atoms with Gasteiger partial charge in [0.15, 0.2) is 17.0 Å². The van der Waals surface area contributed by atoms with Crippen molar-refractivity contribution < 1.29 is 69.6 Å². The summed E-state index contributed by atoms with van der Waals surface area (Å²) in [5.41, 5.74) is -6.10. The predicted octanol–water partition coefficient (Wildman–Crippen LogP) is 5.54. The number of hydrogen-bond donors (Lipinski definition) is 1. The molecule has 0 fully saturated rings. The summed E-state index contributed by atoms with van der Waals surface area (Å²) < 4.78 is 98.8. The van der Waals surface area contributed by atoms with E-state index < -0.39 is 69.8 Å². The Morgan fingerprint density at radius 3 is 1.79 bits per heavy atom. The molecule has 0 aromatic heterocycles. The van der Waals surface area contributed by atoms with Gasteiger partial charge >= 0.3 is 24.3 Å². The summed E-state index contributed by atoms with van der Waals surface area (Å²) in [4.78, 5) is 49.0. The second-order valence-corrected chi connectivity index (χ2v) is 11.7. The van der Waals surface area contributed by atoms with Crippen molar-refractivity contribution in [3.05, 3.63) is 52.1 Å². The number of aliphatic hydroxyl groups is 1. The quantitative estimate of drug-likeness (QED) is 0.321. The van der Waals surface area contributed by atoms with Gasteiger partial charge in [0.05, 0.1) is 54.8 Å². The van der Waals surface area contributed by atoms with E-state index in [1.807, 2.05) is 0 Å². The first-order chi connectivity index (χ1) is 21.5. The number of carbonyl (C=O) groups is 4. The number of hydrogen-bond acceptors (Lipinski definition) is 9. The zero-order valence-corrected chi connectivity index (χ0v) is 26.4. The largest absolute Gasteiger partial charge is 0.480 e. The number of ketones is 1. The highest BCUT2D eigenvalue weighted by molar-refractivity contribution is 6.04. The van der Waals surface area contributed by atoms with E-state index in [0.717, 1.165) is 37.3 Å². The lowest BCUT2D eigenvalue weighted by molar-refractivity contribution is -0.139. The number of esters is 2. The first-order valence-electron chi connectivity index (χ1n) is 14.1. The van der Waals surface area contributed by atoms with Crippen molar-refractivity contribution in [3.8, 4) is 11.5 Å². The van der Waals surface area contributed by atoms with E-state index in [1.54, 1.807) is 6.92 Å². The second-order valence-electron chi connectivity index (χ2n) is 11.7. The van der Waals surface area contributed by atoms with Gasteiger partial charge in [0, 0.05) is 12.0 Å². The molecule has 0 saturated carbocycles. The molecule has 2 aliphatic rings. The van der Waals surface area contributed by atoms with Crippen LogP contribution >= 0.6 is 0 Å². The third kappa shape index (κ3) is 7.80.